The maximum Gasteiger partial charge on any atom is 0.194 e. The van der Waals surface area contributed by atoms with Gasteiger partial charge in [-0.2, -0.15) is 0 Å². The highest BCUT2D eigenvalue weighted by Crippen LogP contribution is 2.36. The molecule has 1 aliphatic rings. The van der Waals surface area contributed by atoms with Crippen LogP contribution in [-0.2, 0) is 15.9 Å². The van der Waals surface area contributed by atoms with Crippen molar-refractivity contribution in [3.05, 3.63) is 78.9 Å². The molecule has 0 radical (unpaired) electrons. The number of rotatable bonds is 7. The van der Waals surface area contributed by atoms with Crippen molar-refractivity contribution >= 4 is 5.57 Å². The van der Waals surface area contributed by atoms with Gasteiger partial charge in [0.2, 0.25) is 0 Å². The van der Waals surface area contributed by atoms with Gasteiger partial charge in [0.05, 0.1) is 0 Å². The molecule has 1 aliphatic carbocycles. The minimum Gasteiger partial charge on any atom is -0.349 e. The highest BCUT2D eigenvalue weighted by Gasteiger charge is 2.37. The van der Waals surface area contributed by atoms with Gasteiger partial charge in [0, 0.05) is 20.1 Å². The van der Waals surface area contributed by atoms with Crippen molar-refractivity contribution in [2.24, 2.45) is 5.92 Å². The largest absolute Gasteiger partial charge is 0.349 e. The van der Waals surface area contributed by atoms with Crippen molar-refractivity contribution in [1.82, 2.24) is 0 Å². The SMILES string of the molecule is C=CCc1cccc(C2=CC(CC=C)C(OC)(OC)C=C2)c1. The van der Waals surface area contributed by atoms with Crippen LogP contribution in [0.2, 0.25) is 0 Å². The molecular formula is C20H24O2. The van der Waals surface area contributed by atoms with Crippen LogP contribution in [0, 0.1) is 5.92 Å². The molecule has 2 nitrogen and oxygen atoms in total. The van der Waals surface area contributed by atoms with Crippen molar-refractivity contribution in [2.45, 2.75) is 18.6 Å². The Bertz CT molecular complexity index is 591. The van der Waals surface area contributed by atoms with Gasteiger partial charge in [0.1, 0.15) is 0 Å². The van der Waals surface area contributed by atoms with Gasteiger partial charge in [-0.15, -0.1) is 13.2 Å². The molecule has 0 amide bonds. The van der Waals surface area contributed by atoms with E-state index in [2.05, 4.69) is 49.6 Å². The summed E-state index contributed by atoms with van der Waals surface area (Å²) in [5, 5.41) is 0. The second-order valence-corrected chi connectivity index (χ2v) is 5.41. The van der Waals surface area contributed by atoms with Crippen molar-refractivity contribution in [1.29, 1.82) is 0 Å². The van der Waals surface area contributed by atoms with E-state index in [4.69, 9.17) is 9.47 Å². The minimum absolute atomic E-state index is 0.100. The van der Waals surface area contributed by atoms with Gasteiger partial charge >= 0.3 is 0 Å². The van der Waals surface area contributed by atoms with Gasteiger partial charge in [0.15, 0.2) is 5.79 Å². The van der Waals surface area contributed by atoms with Crippen LogP contribution in [0.5, 0.6) is 0 Å². The molecule has 1 atom stereocenters. The summed E-state index contributed by atoms with van der Waals surface area (Å²) < 4.78 is 11.2. The average molecular weight is 296 g/mol. The molecule has 0 bridgehead atoms. The van der Waals surface area contributed by atoms with Crippen molar-refractivity contribution in [2.75, 3.05) is 14.2 Å². The predicted molar refractivity (Wildman–Crippen MR) is 92.5 cm³/mol. The van der Waals surface area contributed by atoms with E-state index in [-0.39, 0.29) is 5.92 Å². The number of benzene rings is 1. The van der Waals surface area contributed by atoms with E-state index in [0.717, 1.165) is 12.8 Å². The molecule has 0 fully saturated rings. The van der Waals surface area contributed by atoms with Crippen LogP contribution in [0.1, 0.15) is 17.5 Å². The van der Waals surface area contributed by atoms with E-state index in [1.165, 1.54) is 16.7 Å². The van der Waals surface area contributed by atoms with E-state index < -0.39 is 5.79 Å². The summed E-state index contributed by atoms with van der Waals surface area (Å²) in [6, 6.07) is 8.53. The van der Waals surface area contributed by atoms with Crippen LogP contribution in [0.25, 0.3) is 5.57 Å². The van der Waals surface area contributed by atoms with E-state index in [1.54, 1.807) is 14.2 Å². The molecule has 1 aromatic carbocycles. The third-order valence-electron chi connectivity index (χ3n) is 4.09. The lowest BCUT2D eigenvalue weighted by molar-refractivity contribution is -0.194. The Hall–Kier alpha value is -1.90. The quantitative estimate of drug-likeness (QED) is 0.543. The maximum atomic E-state index is 5.62. The molecule has 2 heteroatoms. The number of hydrogen-bond acceptors (Lipinski definition) is 2. The molecule has 0 N–H and O–H groups in total. The lowest BCUT2D eigenvalue weighted by Gasteiger charge is -2.36. The Labute approximate surface area is 133 Å². The highest BCUT2D eigenvalue weighted by atomic mass is 16.7. The Morgan fingerprint density at radius 2 is 1.95 bits per heavy atom. The first-order valence-electron chi connectivity index (χ1n) is 7.51. The first-order chi connectivity index (χ1) is 10.7. The molecule has 22 heavy (non-hydrogen) atoms. The van der Waals surface area contributed by atoms with Crippen LogP contribution in [0.3, 0.4) is 0 Å². The van der Waals surface area contributed by atoms with Crippen LogP contribution in [0.4, 0.5) is 0 Å². The topological polar surface area (TPSA) is 18.5 Å². The smallest absolute Gasteiger partial charge is 0.194 e. The van der Waals surface area contributed by atoms with E-state index in [0.29, 0.717) is 0 Å². The molecule has 0 saturated heterocycles. The van der Waals surface area contributed by atoms with Crippen LogP contribution in [-0.4, -0.2) is 20.0 Å². The van der Waals surface area contributed by atoms with Gasteiger partial charge < -0.3 is 9.47 Å². The fourth-order valence-corrected chi connectivity index (χ4v) is 2.89. The van der Waals surface area contributed by atoms with Gasteiger partial charge in [-0.25, -0.2) is 0 Å². The molecule has 116 valence electrons. The maximum absolute atomic E-state index is 5.62. The molecule has 0 aliphatic heterocycles. The van der Waals surface area contributed by atoms with E-state index in [9.17, 15) is 0 Å². The highest BCUT2D eigenvalue weighted by molar-refractivity contribution is 5.76. The molecule has 0 heterocycles. The average Bonchev–Trinajstić information content (AvgIpc) is 2.56. The summed E-state index contributed by atoms with van der Waals surface area (Å²) in [5.74, 6) is -0.612. The van der Waals surface area contributed by atoms with Crippen molar-refractivity contribution in [3.63, 3.8) is 0 Å². The zero-order valence-corrected chi connectivity index (χ0v) is 13.4. The molecule has 1 aromatic rings. The third-order valence-corrected chi connectivity index (χ3v) is 4.09. The summed E-state index contributed by atoms with van der Waals surface area (Å²) in [4.78, 5) is 0. The fraction of sp³-hybridized carbons (Fsp3) is 0.300. The zero-order chi connectivity index (χ0) is 16.0. The lowest BCUT2D eigenvalue weighted by atomic mass is 9.85. The molecule has 0 saturated carbocycles. The first-order valence-corrected chi connectivity index (χ1v) is 7.51. The Morgan fingerprint density at radius 1 is 1.18 bits per heavy atom. The van der Waals surface area contributed by atoms with Crippen molar-refractivity contribution < 1.29 is 9.47 Å². The van der Waals surface area contributed by atoms with Crippen LogP contribution in [0.15, 0.2) is 67.8 Å². The Balaban J connectivity index is 2.36. The lowest BCUT2D eigenvalue weighted by Crippen LogP contribution is -2.40. The van der Waals surface area contributed by atoms with Gasteiger partial charge in [0.25, 0.3) is 0 Å². The summed E-state index contributed by atoms with van der Waals surface area (Å²) in [6.07, 6.45) is 11.8. The minimum atomic E-state index is -0.712. The van der Waals surface area contributed by atoms with Crippen molar-refractivity contribution in [3.8, 4) is 0 Å². The summed E-state index contributed by atoms with van der Waals surface area (Å²) in [7, 11) is 3.35. The number of hydrogen-bond donors (Lipinski definition) is 0. The Kier molecular flexibility index (Phi) is 5.53. The monoisotopic (exact) mass is 296 g/mol. The molecule has 0 spiro atoms. The second-order valence-electron chi connectivity index (χ2n) is 5.41. The third kappa shape index (κ3) is 3.29. The zero-order valence-electron chi connectivity index (χ0n) is 13.4. The predicted octanol–water partition coefficient (Wildman–Crippen LogP) is 4.55. The Morgan fingerprint density at radius 3 is 2.59 bits per heavy atom. The summed E-state index contributed by atoms with van der Waals surface area (Å²) in [5.41, 5.74) is 3.64. The molecular weight excluding hydrogens is 272 g/mol. The first kappa shape index (κ1) is 16.5. The van der Waals surface area contributed by atoms with Gasteiger partial charge in [-0.1, -0.05) is 48.6 Å². The van der Waals surface area contributed by atoms with E-state index in [1.807, 2.05) is 18.2 Å². The van der Waals surface area contributed by atoms with Crippen LogP contribution >= 0.6 is 0 Å². The normalized spacial score (nSPS) is 19.5. The second kappa shape index (κ2) is 7.39. The standard InChI is InChI=1S/C20H24O2/c1-5-8-16-10-7-11-17(14-16)18-12-13-20(21-3,22-4)19(15-18)9-6-2/h5-7,10-15,19H,1-2,8-9H2,3-4H3. The van der Waals surface area contributed by atoms with E-state index >= 15 is 0 Å². The number of methoxy groups -OCH3 is 2. The molecule has 0 aromatic heterocycles. The van der Waals surface area contributed by atoms with Gasteiger partial charge in [-0.05, 0) is 35.6 Å². The number of ether oxygens (including phenoxy) is 2. The van der Waals surface area contributed by atoms with Crippen LogP contribution < -0.4 is 0 Å². The summed E-state index contributed by atoms with van der Waals surface area (Å²) >= 11 is 0. The van der Waals surface area contributed by atoms with Gasteiger partial charge in [-0.3, -0.25) is 0 Å². The fourth-order valence-electron chi connectivity index (χ4n) is 2.89. The number of allylic oxidation sites excluding steroid dienone is 4. The molecule has 1 unspecified atom stereocenters. The molecule has 2 rings (SSSR count). The summed E-state index contributed by atoms with van der Waals surface area (Å²) in [6.45, 7) is 7.65.